The average Bonchev–Trinajstić information content (AvgIpc) is 3.04. The SMILES string of the molecule is Cc1ccc(-c2noc(CN3CCN(CC(=O)OC(C)(C)C)CC3)n2)cc1. The number of benzene rings is 1. The van der Waals surface area contributed by atoms with Crippen molar-refractivity contribution in [1.82, 2.24) is 19.9 Å². The zero-order valence-corrected chi connectivity index (χ0v) is 16.6. The summed E-state index contributed by atoms with van der Waals surface area (Å²) in [6, 6.07) is 8.07. The normalized spacial score (nSPS) is 16.4. The number of esters is 1. The van der Waals surface area contributed by atoms with Crippen molar-refractivity contribution in [3.63, 3.8) is 0 Å². The van der Waals surface area contributed by atoms with Crippen LogP contribution in [0.1, 0.15) is 32.2 Å². The predicted octanol–water partition coefficient (Wildman–Crippen LogP) is 2.50. The molecule has 1 aromatic carbocycles. The Morgan fingerprint density at radius 3 is 2.37 bits per heavy atom. The number of aromatic nitrogens is 2. The first-order valence-electron chi connectivity index (χ1n) is 9.35. The van der Waals surface area contributed by atoms with Crippen LogP contribution in [0, 0.1) is 6.92 Å². The van der Waals surface area contributed by atoms with Crippen molar-refractivity contribution in [3.05, 3.63) is 35.7 Å². The second kappa shape index (κ2) is 8.19. The minimum Gasteiger partial charge on any atom is -0.459 e. The molecule has 0 saturated carbocycles. The molecule has 7 nitrogen and oxygen atoms in total. The molecule has 0 N–H and O–H groups in total. The summed E-state index contributed by atoms with van der Waals surface area (Å²) in [6.07, 6.45) is 0. The lowest BCUT2D eigenvalue weighted by molar-refractivity contribution is -0.156. The highest BCUT2D eigenvalue weighted by Crippen LogP contribution is 2.17. The van der Waals surface area contributed by atoms with E-state index in [0.29, 0.717) is 24.8 Å². The van der Waals surface area contributed by atoms with Crippen molar-refractivity contribution in [2.75, 3.05) is 32.7 Å². The van der Waals surface area contributed by atoms with E-state index >= 15 is 0 Å². The van der Waals surface area contributed by atoms with Gasteiger partial charge in [0, 0.05) is 31.7 Å². The first-order valence-corrected chi connectivity index (χ1v) is 9.35. The lowest BCUT2D eigenvalue weighted by atomic mass is 10.1. The molecule has 1 aromatic heterocycles. The standard InChI is InChI=1S/C20H28N4O3/c1-15-5-7-16(8-6-15)19-21-17(27-22-19)13-23-9-11-24(12-10-23)14-18(25)26-20(2,3)4/h5-8H,9-14H2,1-4H3. The molecule has 0 aliphatic carbocycles. The van der Waals surface area contributed by atoms with Crippen molar-refractivity contribution >= 4 is 5.97 Å². The molecule has 0 amide bonds. The second-order valence-electron chi connectivity index (χ2n) is 8.02. The third kappa shape index (κ3) is 5.87. The van der Waals surface area contributed by atoms with Crippen LogP contribution in [0.2, 0.25) is 0 Å². The Kier molecular flexibility index (Phi) is 5.92. The van der Waals surface area contributed by atoms with Gasteiger partial charge in [-0.25, -0.2) is 0 Å². The molecule has 0 radical (unpaired) electrons. The van der Waals surface area contributed by atoms with Gasteiger partial charge in [-0.2, -0.15) is 4.98 Å². The van der Waals surface area contributed by atoms with Gasteiger partial charge in [0.1, 0.15) is 5.60 Å². The zero-order chi connectivity index (χ0) is 19.4. The molecule has 1 saturated heterocycles. The van der Waals surface area contributed by atoms with E-state index in [1.165, 1.54) is 5.56 Å². The van der Waals surface area contributed by atoms with Gasteiger partial charge in [0.2, 0.25) is 11.7 Å². The number of rotatable bonds is 5. The molecule has 7 heteroatoms. The fourth-order valence-corrected chi connectivity index (χ4v) is 2.99. The fourth-order valence-electron chi connectivity index (χ4n) is 2.99. The number of hydrogen-bond donors (Lipinski definition) is 0. The summed E-state index contributed by atoms with van der Waals surface area (Å²) in [5, 5.41) is 4.09. The highest BCUT2D eigenvalue weighted by atomic mass is 16.6. The molecule has 0 unspecified atom stereocenters. The molecular formula is C20H28N4O3. The third-order valence-electron chi connectivity index (χ3n) is 4.37. The maximum atomic E-state index is 11.9. The first kappa shape index (κ1) is 19.5. The highest BCUT2D eigenvalue weighted by molar-refractivity contribution is 5.72. The van der Waals surface area contributed by atoms with Crippen LogP contribution in [0.3, 0.4) is 0 Å². The Labute approximate surface area is 160 Å². The summed E-state index contributed by atoms with van der Waals surface area (Å²) in [4.78, 5) is 20.8. The summed E-state index contributed by atoms with van der Waals surface area (Å²) in [6.45, 7) is 12.0. The Morgan fingerprint density at radius 1 is 1.11 bits per heavy atom. The van der Waals surface area contributed by atoms with Crippen LogP contribution >= 0.6 is 0 Å². The van der Waals surface area contributed by atoms with E-state index in [-0.39, 0.29) is 5.97 Å². The number of aryl methyl sites for hydroxylation is 1. The number of hydrogen-bond acceptors (Lipinski definition) is 7. The topological polar surface area (TPSA) is 71.7 Å². The Morgan fingerprint density at radius 2 is 1.74 bits per heavy atom. The molecule has 0 atom stereocenters. The summed E-state index contributed by atoms with van der Waals surface area (Å²) >= 11 is 0. The van der Waals surface area contributed by atoms with Gasteiger partial charge in [0.25, 0.3) is 0 Å². The lowest BCUT2D eigenvalue weighted by Gasteiger charge is -2.33. The molecule has 1 aliphatic rings. The fraction of sp³-hybridized carbons (Fsp3) is 0.550. The van der Waals surface area contributed by atoms with Crippen LogP contribution in [0.4, 0.5) is 0 Å². The van der Waals surface area contributed by atoms with Crippen LogP contribution in [-0.2, 0) is 16.1 Å². The Hall–Kier alpha value is -2.25. The lowest BCUT2D eigenvalue weighted by Crippen LogP contribution is -2.48. The molecule has 1 aliphatic heterocycles. The van der Waals surface area contributed by atoms with E-state index in [0.717, 1.165) is 31.7 Å². The average molecular weight is 372 g/mol. The number of nitrogens with zero attached hydrogens (tertiary/aromatic N) is 4. The van der Waals surface area contributed by atoms with Gasteiger partial charge in [-0.15, -0.1) is 0 Å². The molecule has 1 fully saturated rings. The van der Waals surface area contributed by atoms with Crippen molar-refractivity contribution in [2.45, 2.75) is 39.8 Å². The molecule has 2 heterocycles. The van der Waals surface area contributed by atoms with Gasteiger partial charge in [0.15, 0.2) is 0 Å². The predicted molar refractivity (Wildman–Crippen MR) is 102 cm³/mol. The number of piperazine rings is 1. The molecular weight excluding hydrogens is 344 g/mol. The first-order chi connectivity index (χ1) is 12.8. The van der Waals surface area contributed by atoms with Crippen molar-refractivity contribution < 1.29 is 14.1 Å². The third-order valence-corrected chi connectivity index (χ3v) is 4.37. The van der Waals surface area contributed by atoms with E-state index < -0.39 is 5.60 Å². The maximum Gasteiger partial charge on any atom is 0.320 e. The molecule has 3 rings (SSSR count). The van der Waals surface area contributed by atoms with Crippen LogP contribution in [-0.4, -0.2) is 64.2 Å². The quantitative estimate of drug-likeness (QED) is 0.747. The molecule has 0 bridgehead atoms. The second-order valence-corrected chi connectivity index (χ2v) is 8.02. The van der Waals surface area contributed by atoms with E-state index in [4.69, 9.17) is 9.26 Å². The highest BCUT2D eigenvalue weighted by Gasteiger charge is 2.23. The minimum atomic E-state index is -0.438. The summed E-state index contributed by atoms with van der Waals surface area (Å²) in [5.41, 5.74) is 1.72. The maximum absolute atomic E-state index is 11.9. The largest absolute Gasteiger partial charge is 0.459 e. The molecule has 146 valence electrons. The molecule has 2 aromatic rings. The number of ether oxygens (including phenoxy) is 1. The van der Waals surface area contributed by atoms with E-state index in [1.807, 2.05) is 52.0 Å². The summed E-state index contributed by atoms with van der Waals surface area (Å²) in [5.74, 6) is 1.07. The van der Waals surface area contributed by atoms with Crippen molar-refractivity contribution in [1.29, 1.82) is 0 Å². The van der Waals surface area contributed by atoms with Gasteiger partial charge in [-0.3, -0.25) is 14.6 Å². The Bertz CT molecular complexity index is 756. The van der Waals surface area contributed by atoms with Gasteiger partial charge in [0.05, 0.1) is 13.1 Å². The van der Waals surface area contributed by atoms with Gasteiger partial charge in [-0.05, 0) is 27.7 Å². The van der Waals surface area contributed by atoms with Gasteiger partial charge < -0.3 is 9.26 Å². The van der Waals surface area contributed by atoms with Crippen LogP contribution in [0.15, 0.2) is 28.8 Å². The molecule has 0 spiro atoms. The van der Waals surface area contributed by atoms with Gasteiger partial charge >= 0.3 is 5.97 Å². The Balaban J connectivity index is 1.47. The number of carbonyl (C=O) groups excluding carboxylic acids is 1. The smallest absolute Gasteiger partial charge is 0.320 e. The van der Waals surface area contributed by atoms with E-state index in [9.17, 15) is 4.79 Å². The van der Waals surface area contributed by atoms with Crippen LogP contribution in [0.25, 0.3) is 11.4 Å². The molecule has 27 heavy (non-hydrogen) atoms. The minimum absolute atomic E-state index is 0.171. The van der Waals surface area contributed by atoms with E-state index in [1.54, 1.807) is 0 Å². The monoisotopic (exact) mass is 372 g/mol. The summed E-state index contributed by atoms with van der Waals surface area (Å²) in [7, 11) is 0. The summed E-state index contributed by atoms with van der Waals surface area (Å²) < 4.78 is 10.8. The zero-order valence-electron chi connectivity index (χ0n) is 16.6. The van der Waals surface area contributed by atoms with E-state index in [2.05, 4.69) is 19.9 Å². The van der Waals surface area contributed by atoms with Crippen molar-refractivity contribution in [3.8, 4) is 11.4 Å². The van der Waals surface area contributed by atoms with Crippen LogP contribution < -0.4 is 0 Å². The number of carbonyl (C=O) groups is 1. The van der Waals surface area contributed by atoms with Crippen LogP contribution in [0.5, 0.6) is 0 Å². The van der Waals surface area contributed by atoms with Crippen molar-refractivity contribution in [2.24, 2.45) is 0 Å². The van der Waals surface area contributed by atoms with Gasteiger partial charge in [-0.1, -0.05) is 35.0 Å².